The number of hydrogen-bond donors (Lipinski definition) is 1. The Balaban J connectivity index is 1.51. The Morgan fingerprint density at radius 3 is 3.00 bits per heavy atom. The number of anilines is 1. The number of nitrogens with one attached hydrogen (secondary N) is 1. The number of aromatic nitrogens is 2. The van der Waals surface area contributed by atoms with Crippen LogP contribution in [0.25, 0.3) is 10.9 Å². The van der Waals surface area contributed by atoms with Gasteiger partial charge >= 0.3 is 6.03 Å². The fourth-order valence-corrected chi connectivity index (χ4v) is 3.72. The summed E-state index contributed by atoms with van der Waals surface area (Å²) in [4.78, 5) is 14.5. The van der Waals surface area contributed by atoms with E-state index in [0.29, 0.717) is 19.5 Å². The van der Waals surface area contributed by atoms with Gasteiger partial charge in [0, 0.05) is 36.9 Å². The van der Waals surface area contributed by atoms with E-state index < -0.39 is 0 Å². The lowest BCUT2D eigenvalue weighted by atomic mass is 9.93. The Morgan fingerprint density at radius 2 is 2.19 bits per heavy atom. The lowest BCUT2D eigenvalue weighted by Crippen LogP contribution is -2.39. The van der Waals surface area contributed by atoms with Crippen molar-refractivity contribution in [3.63, 3.8) is 0 Å². The number of hydrogen-bond acceptors (Lipinski definition) is 3. The number of fused-ring (bicyclic) bond motifs is 2. The van der Waals surface area contributed by atoms with Gasteiger partial charge in [-0.3, -0.25) is 4.68 Å². The molecule has 6 heteroatoms. The molecule has 1 aromatic heterocycles. The van der Waals surface area contributed by atoms with Crippen LogP contribution in [-0.4, -0.2) is 27.3 Å². The predicted molar refractivity (Wildman–Crippen MR) is 104 cm³/mol. The van der Waals surface area contributed by atoms with Crippen LogP contribution in [0, 0.1) is 18.3 Å². The monoisotopic (exact) mass is 359 g/mol. The zero-order valence-corrected chi connectivity index (χ0v) is 15.5. The fraction of sp³-hybridized carbons (Fsp3) is 0.286. The number of benzene rings is 2. The van der Waals surface area contributed by atoms with Crippen LogP contribution in [0.4, 0.5) is 10.5 Å². The molecule has 0 atom stereocenters. The molecule has 0 radical (unpaired) electrons. The molecule has 4 rings (SSSR count). The van der Waals surface area contributed by atoms with Crippen molar-refractivity contribution in [3.05, 3.63) is 58.8 Å². The third-order valence-electron chi connectivity index (χ3n) is 5.30. The highest BCUT2D eigenvalue weighted by molar-refractivity contribution is 5.93. The molecule has 2 heterocycles. The Hall–Kier alpha value is -3.33. The highest BCUT2D eigenvalue weighted by atomic mass is 16.2. The summed E-state index contributed by atoms with van der Waals surface area (Å²) in [5.74, 6) is 0. The van der Waals surface area contributed by atoms with Crippen LogP contribution in [0.5, 0.6) is 0 Å². The van der Waals surface area contributed by atoms with Gasteiger partial charge in [0.15, 0.2) is 0 Å². The third-order valence-corrected chi connectivity index (χ3v) is 5.30. The molecule has 1 aliphatic rings. The van der Waals surface area contributed by atoms with E-state index in [1.807, 2.05) is 60.0 Å². The van der Waals surface area contributed by atoms with Crippen molar-refractivity contribution in [1.82, 2.24) is 14.7 Å². The van der Waals surface area contributed by atoms with E-state index in [1.165, 1.54) is 5.56 Å². The van der Waals surface area contributed by atoms with E-state index in [0.717, 1.165) is 39.8 Å². The van der Waals surface area contributed by atoms with Crippen molar-refractivity contribution in [2.75, 3.05) is 11.9 Å². The van der Waals surface area contributed by atoms with Crippen LogP contribution in [-0.2, 0) is 26.4 Å². The molecule has 0 aliphatic carbocycles. The molecule has 1 N–H and O–H groups in total. The minimum Gasteiger partial charge on any atom is -0.320 e. The van der Waals surface area contributed by atoms with E-state index in [9.17, 15) is 4.79 Å². The maximum Gasteiger partial charge on any atom is 0.322 e. The van der Waals surface area contributed by atoms with E-state index in [2.05, 4.69) is 16.5 Å². The largest absolute Gasteiger partial charge is 0.322 e. The molecule has 0 fully saturated rings. The number of nitrogens with zero attached hydrogens (tertiary/aromatic N) is 4. The highest BCUT2D eigenvalue weighted by Gasteiger charge is 2.22. The first-order chi connectivity index (χ1) is 13.1. The molecule has 6 nitrogen and oxygen atoms in total. The second-order valence-corrected chi connectivity index (χ2v) is 6.93. The van der Waals surface area contributed by atoms with E-state index in [4.69, 9.17) is 5.26 Å². The molecule has 0 bridgehead atoms. The summed E-state index contributed by atoms with van der Waals surface area (Å²) in [5, 5.41) is 17.5. The number of urea groups is 1. The zero-order chi connectivity index (χ0) is 19.0. The normalized spacial score (nSPS) is 13.3. The molecule has 0 saturated carbocycles. The molecular formula is C21H21N5O. The second-order valence-electron chi connectivity index (χ2n) is 6.93. The van der Waals surface area contributed by atoms with E-state index >= 15 is 0 Å². The van der Waals surface area contributed by atoms with Crippen molar-refractivity contribution < 1.29 is 4.79 Å². The summed E-state index contributed by atoms with van der Waals surface area (Å²) in [7, 11) is 1.92. The summed E-state index contributed by atoms with van der Waals surface area (Å²) in [6.45, 7) is 3.23. The Labute approximate surface area is 158 Å². The molecule has 27 heavy (non-hydrogen) atoms. The molecule has 3 aromatic rings. The summed E-state index contributed by atoms with van der Waals surface area (Å²) in [6.07, 6.45) is 1.19. The van der Waals surface area contributed by atoms with Crippen LogP contribution < -0.4 is 5.32 Å². The van der Waals surface area contributed by atoms with Crippen molar-refractivity contribution in [1.29, 1.82) is 5.26 Å². The van der Waals surface area contributed by atoms with Gasteiger partial charge in [0.1, 0.15) is 0 Å². The van der Waals surface area contributed by atoms with Gasteiger partial charge in [0.05, 0.1) is 18.0 Å². The highest BCUT2D eigenvalue weighted by Crippen LogP contribution is 2.25. The van der Waals surface area contributed by atoms with Gasteiger partial charge < -0.3 is 10.2 Å². The smallest absolute Gasteiger partial charge is 0.320 e. The van der Waals surface area contributed by atoms with Crippen molar-refractivity contribution in [2.24, 2.45) is 7.05 Å². The standard InChI is InChI=1S/C21H21N5O/c1-14-18-7-6-17(12-20(18)24-25(14)2)23-21(27)26-11-9-19-15(8-10-22)4-3-5-16(19)13-26/h3-7,12H,8-9,11,13H2,1-2H3,(H,23,27). The second kappa shape index (κ2) is 6.76. The third kappa shape index (κ3) is 3.13. The van der Waals surface area contributed by atoms with Gasteiger partial charge in [0.2, 0.25) is 0 Å². The van der Waals surface area contributed by atoms with Gasteiger partial charge in [0.25, 0.3) is 0 Å². The molecule has 0 saturated heterocycles. The predicted octanol–water partition coefficient (Wildman–Crippen LogP) is 3.54. The number of amides is 2. The van der Waals surface area contributed by atoms with E-state index in [1.54, 1.807) is 0 Å². The number of carbonyl (C=O) groups excluding carboxylic acids is 1. The molecule has 0 unspecified atom stereocenters. The van der Waals surface area contributed by atoms with Gasteiger partial charge in [-0.1, -0.05) is 18.2 Å². The summed E-state index contributed by atoms with van der Waals surface area (Å²) < 4.78 is 1.84. The van der Waals surface area contributed by atoms with Crippen molar-refractivity contribution >= 4 is 22.6 Å². The van der Waals surface area contributed by atoms with Gasteiger partial charge in [-0.15, -0.1) is 0 Å². The van der Waals surface area contributed by atoms with Crippen molar-refractivity contribution in [2.45, 2.75) is 26.3 Å². The van der Waals surface area contributed by atoms with Crippen LogP contribution >= 0.6 is 0 Å². The molecule has 136 valence electrons. The molecule has 0 spiro atoms. The average Bonchev–Trinajstić information content (AvgIpc) is 2.95. The minimum atomic E-state index is -0.113. The molecule has 2 aromatic carbocycles. The quantitative estimate of drug-likeness (QED) is 0.760. The Bertz CT molecular complexity index is 1080. The number of aryl methyl sites for hydroxylation is 2. The maximum absolute atomic E-state index is 12.7. The first-order valence-electron chi connectivity index (χ1n) is 9.02. The van der Waals surface area contributed by atoms with Crippen LogP contribution in [0.15, 0.2) is 36.4 Å². The van der Waals surface area contributed by atoms with Gasteiger partial charge in [-0.2, -0.15) is 10.4 Å². The first kappa shape index (κ1) is 17.1. The van der Waals surface area contributed by atoms with Gasteiger partial charge in [-0.05, 0) is 48.2 Å². The topological polar surface area (TPSA) is 74.0 Å². The fourth-order valence-electron chi connectivity index (χ4n) is 3.72. The summed E-state index contributed by atoms with van der Waals surface area (Å²) in [6, 6.07) is 13.9. The number of rotatable bonds is 2. The average molecular weight is 359 g/mol. The number of carbonyl (C=O) groups is 1. The Kier molecular flexibility index (Phi) is 4.28. The Morgan fingerprint density at radius 1 is 1.33 bits per heavy atom. The number of nitriles is 1. The SMILES string of the molecule is Cc1c2ccc(NC(=O)N3CCc4c(CC#N)cccc4C3)cc2nn1C. The lowest BCUT2D eigenvalue weighted by Gasteiger charge is -2.30. The molecule has 1 aliphatic heterocycles. The minimum absolute atomic E-state index is 0.113. The van der Waals surface area contributed by atoms with Gasteiger partial charge in [-0.25, -0.2) is 4.79 Å². The van der Waals surface area contributed by atoms with Crippen molar-refractivity contribution in [3.8, 4) is 6.07 Å². The summed E-state index contributed by atoms with van der Waals surface area (Å²) >= 11 is 0. The van der Waals surface area contributed by atoms with E-state index in [-0.39, 0.29) is 6.03 Å². The van der Waals surface area contributed by atoms with Crippen LogP contribution in [0.1, 0.15) is 22.4 Å². The zero-order valence-electron chi connectivity index (χ0n) is 15.5. The molecule has 2 amide bonds. The maximum atomic E-state index is 12.7. The molecular weight excluding hydrogens is 338 g/mol. The summed E-state index contributed by atoms with van der Waals surface area (Å²) in [5.41, 5.74) is 6.13. The van der Waals surface area contributed by atoms with Crippen LogP contribution in [0.3, 0.4) is 0 Å². The first-order valence-corrected chi connectivity index (χ1v) is 9.02. The van der Waals surface area contributed by atoms with Crippen LogP contribution in [0.2, 0.25) is 0 Å². The lowest BCUT2D eigenvalue weighted by molar-refractivity contribution is 0.206.